The third kappa shape index (κ3) is 10.9. The van der Waals surface area contributed by atoms with Gasteiger partial charge in [0.1, 0.15) is 0 Å². The summed E-state index contributed by atoms with van der Waals surface area (Å²) >= 11 is 0. The summed E-state index contributed by atoms with van der Waals surface area (Å²) in [7, 11) is 0. The molecule has 0 spiro atoms. The van der Waals surface area contributed by atoms with E-state index in [1.54, 1.807) is 12.1 Å². The first-order valence-electron chi connectivity index (χ1n) is 9.65. The zero-order chi connectivity index (χ0) is 18.3. The summed E-state index contributed by atoms with van der Waals surface area (Å²) in [5, 5.41) is 0. The molecule has 0 amide bonds. The van der Waals surface area contributed by atoms with E-state index in [2.05, 4.69) is 13.5 Å². The van der Waals surface area contributed by atoms with Crippen LogP contribution in [-0.4, -0.2) is 41.5 Å². The van der Waals surface area contributed by atoms with Gasteiger partial charge in [-0.25, -0.2) is 9.59 Å². The molecule has 0 N–H and O–H groups in total. The summed E-state index contributed by atoms with van der Waals surface area (Å²) in [6.07, 6.45) is 14.7. The Bertz CT molecular complexity index is 540. The second-order valence-corrected chi connectivity index (χ2v) is 6.50. The van der Waals surface area contributed by atoms with Crippen molar-refractivity contribution in [3.8, 4) is 0 Å². The minimum absolute atomic E-state index is 0. The van der Waals surface area contributed by atoms with Crippen LogP contribution in [0.25, 0.3) is 0 Å². The Balaban J connectivity index is 0.00000625. The summed E-state index contributed by atoms with van der Waals surface area (Å²) in [6.45, 7) is 5.55. The van der Waals surface area contributed by atoms with Crippen LogP contribution in [0.5, 0.6) is 0 Å². The Labute approximate surface area is 180 Å². The molecule has 0 bridgehead atoms. The quantitative estimate of drug-likeness (QED) is 0.155. The number of benzene rings is 1. The summed E-state index contributed by atoms with van der Waals surface area (Å²) in [6, 6.07) is 7.35. The van der Waals surface area contributed by atoms with E-state index < -0.39 is 11.9 Å². The second kappa shape index (κ2) is 16.3. The molecule has 0 aliphatic rings. The van der Waals surface area contributed by atoms with E-state index in [0.717, 1.165) is 24.5 Å². The number of hydrogen-bond donors (Lipinski definition) is 0. The molecule has 1 aromatic rings. The van der Waals surface area contributed by atoms with Crippen LogP contribution >= 0.6 is 0 Å². The normalized spacial score (nSPS) is 10.0. The van der Waals surface area contributed by atoms with E-state index in [-0.39, 0.29) is 29.6 Å². The van der Waals surface area contributed by atoms with Crippen LogP contribution in [0.4, 0.5) is 0 Å². The number of hydrogen-bond acceptors (Lipinski definition) is 3. The molecule has 0 aliphatic heterocycles. The van der Waals surface area contributed by atoms with Crippen LogP contribution < -0.4 is 0 Å². The van der Waals surface area contributed by atoms with Gasteiger partial charge in [0.05, 0.1) is 5.56 Å². The zero-order valence-corrected chi connectivity index (χ0v) is 15.6. The van der Waals surface area contributed by atoms with Gasteiger partial charge in [0, 0.05) is 6.08 Å². The first kappa shape index (κ1) is 25.1. The standard InChI is InChI=1S/C22H32O3.Na.H/c1-3-5-6-7-8-9-10-11-12-13-16-19-17-14-15-18-20(19)22(24)25-21(23)4-2;;/h4,14-15,17-18H,2-3,5-13,16H2,1H3;;. The molecule has 0 saturated carbocycles. The predicted octanol–water partition coefficient (Wildman–Crippen LogP) is 5.37. The van der Waals surface area contributed by atoms with Crippen molar-refractivity contribution >= 4 is 41.5 Å². The van der Waals surface area contributed by atoms with E-state index in [1.165, 1.54) is 57.8 Å². The van der Waals surface area contributed by atoms with E-state index in [0.29, 0.717) is 5.56 Å². The van der Waals surface area contributed by atoms with Gasteiger partial charge in [-0.05, 0) is 24.5 Å². The Kier molecular flexibility index (Phi) is 15.7. The molecule has 0 atom stereocenters. The SMILES string of the molecule is C=CC(=O)OC(=O)c1ccccc1CCCCCCCCCCCC.[NaH]. The summed E-state index contributed by atoms with van der Waals surface area (Å²) in [5.74, 6) is -1.30. The van der Waals surface area contributed by atoms with Gasteiger partial charge >= 0.3 is 41.5 Å². The Morgan fingerprint density at radius 1 is 0.923 bits per heavy atom. The van der Waals surface area contributed by atoms with E-state index in [4.69, 9.17) is 4.74 Å². The van der Waals surface area contributed by atoms with Crippen molar-refractivity contribution in [2.75, 3.05) is 0 Å². The maximum absolute atomic E-state index is 12.0. The van der Waals surface area contributed by atoms with Crippen LogP contribution in [-0.2, 0) is 16.0 Å². The second-order valence-electron chi connectivity index (χ2n) is 6.50. The third-order valence-electron chi connectivity index (χ3n) is 4.40. The van der Waals surface area contributed by atoms with Crippen molar-refractivity contribution in [1.82, 2.24) is 0 Å². The fourth-order valence-electron chi connectivity index (χ4n) is 2.93. The maximum atomic E-state index is 12.0. The summed E-state index contributed by atoms with van der Waals surface area (Å²) < 4.78 is 4.73. The van der Waals surface area contributed by atoms with Crippen molar-refractivity contribution in [2.24, 2.45) is 0 Å². The van der Waals surface area contributed by atoms with Gasteiger partial charge in [-0.2, -0.15) is 0 Å². The van der Waals surface area contributed by atoms with Crippen molar-refractivity contribution < 1.29 is 14.3 Å². The van der Waals surface area contributed by atoms with E-state index in [1.807, 2.05) is 12.1 Å². The fourth-order valence-corrected chi connectivity index (χ4v) is 2.93. The van der Waals surface area contributed by atoms with Gasteiger partial charge in [0.2, 0.25) is 0 Å². The Morgan fingerprint density at radius 3 is 2.04 bits per heavy atom. The number of rotatable bonds is 13. The van der Waals surface area contributed by atoms with Gasteiger partial charge in [0.25, 0.3) is 0 Å². The summed E-state index contributed by atoms with van der Waals surface area (Å²) in [4.78, 5) is 23.2. The molecule has 140 valence electrons. The number of aryl methyl sites for hydroxylation is 1. The number of unbranched alkanes of at least 4 members (excludes halogenated alkanes) is 9. The van der Waals surface area contributed by atoms with Crippen LogP contribution in [0.15, 0.2) is 36.9 Å². The molecular weight excluding hydrogens is 335 g/mol. The predicted molar refractivity (Wildman–Crippen MR) is 110 cm³/mol. The minimum atomic E-state index is -0.710. The van der Waals surface area contributed by atoms with Crippen molar-refractivity contribution in [2.45, 2.75) is 77.6 Å². The van der Waals surface area contributed by atoms with E-state index >= 15 is 0 Å². The van der Waals surface area contributed by atoms with Crippen molar-refractivity contribution in [1.29, 1.82) is 0 Å². The first-order chi connectivity index (χ1) is 12.2. The van der Waals surface area contributed by atoms with Crippen LogP contribution in [0, 0.1) is 0 Å². The molecule has 0 aliphatic carbocycles. The zero-order valence-electron chi connectivity index (χ0n) is 15.6. The Morgan fingerprint density at radius 2 is 1.46 bits per heavy atom. The molecular formula is C22H33NaO3. The van der Waals surface area contributed by atoms with Gasteiger partial charge in [-0.15, -0.1) is 0 Å². The average molecular weight is 368 g/mol. The van der Waals surface area contributed by atoms with Gasteiger partial charge in [-0.1, -0.05) is 89.5 Å². The van der Waals surface area contributed by atoms with E-state index in [9.17, 15) is 9.59 Å². The van der Waals surface area contributed by atoms with Crippen molar-refractivity contribution in [3.63, 3.8) is 0 Å². The Hall–Kier alpha value is -0.900. The fraction of sp³-hybridized carbons (Fsp3) is 0.545. The van der Waals surface area contributed by atoms with Crippen LogP contribution in [0.3, 0.4) is 0 Å². The van der Waals surface area contributed by atoms with Crippen molar-refractivity contribution in [3.05, 3.63) is 48.0 Å². The van der Waals surface area contributed by atoms with Crippen LogP contribution in [0.1, 0.15) is 87.1 Å². The number of ether oxygens (including phenoxy) is 1. The molecule has 0 unspecified atom stereocenters. The molecule has 0 heterocycles. The first-order valence-corrected chi connectivity index (χ1v) is 9.65. The van der Waals surface area contributed by atoms with Gasteiger partial charge in [-0.3, -0.25) is 0 Å². The molecule has 1 rings (SSSR count). The molecule has 26 heavy (non-hydrogen) atoms. The monoisotopic (exact) mass is 368 g/mol. The van der Waals surface area contributed by atoms with Crippen LogP contribution in [0.2, 0.25) is 0 Å². The third-order valence-corrected chi connectivity index (χ3v) is 4.40. The van der Waals surface area contributed by atoms with Gasteiger partial charge < -0.3 is 4.74 Å². The molecule has 0 radical (unpaired) electrons. The van der Waals surface area contributed by atoms with Gasteiger partial charge in [0.15, 0.2) is 0 Å². The number of carbonyl (C=O) groups is 2. The topological polar surface area (TPSA) is 43.4 Å². The molecule has 4 heteroatoms. The molecule has 1 aromatic carbocycles. The summed E-state index contributed by atoms with van der Waals surface area (Å²) in [5.41, 5.74) is 1.43. The number of carbonyl (C=O) groups excluding carboxylic acids is 2. The molecule has 0 saturated heterocycles. The molecule has 0 fully saturated rings. The molecule has 3 nitrogen and oxygen atoms in total. The average Bonchev–Trinajstić information content (AvgIpc) is 2.63. The molecule has 0 aromatic heterocycles. The number of esters is 2.